The molecule has 1 heterocycles. The number of carboxylic acids is 3. The van der Waals surface area contributed by atoms with E-state index in [-0.39, 0.29) is 17.9 Å². The van der Waals surface area contributed by atoms with E-state index in [1.807, 2.05) is 0 Å². The lowest BCUT2D eigenvalue weighted by Crippen LogP contribution is -2.32. The molecule has 0 aliphatic carbocycles. The van der Waals surface area contributed by atoms with E-state index in [4.69, 9.17) is 32.5 Å². The molecule has 0 fully saturated rings. The molecule has 1 aromatic rings. The smallest absolute Gasteiger partial charge is 0.321 e. The van der Waals surface area contributed by atoms with Crippen LogP contribution in [0.3, 0.4) is 0 Å². The summed E-state index contributed by atoms with van der Waals surface area (Å²) in [4.78, 5) is 36.3. The van der Waals surface area contributed by atoms with E-state index >= 15 is 0 Å². The van der Waals surface area contributed by atoms with Gasteiger partial charge in [0.2, 0.25) is 0 Å². The average Bonchev–Trinajstić information content (AvgIpc) is 3.06. The van der Waals surface area contributed by atoms with Gasteiger partial charge in [-0.2, -0.15) is 25.3 Å². The highest BCUT2D eigenvalue weighted by Crippen LogP contribution is 1.95. The minimum absolute atomic E-state index is 0.190. The zero-order valence-electron chi connectivity index (χ0n) is 13.1. The van der Waals surface area contributed by atoms with E-state index < -0.39 is 36.0 Å². The molecule has 0 aromatic carbocycles. The fourth-order valence-corrected chi connectivity index (χ4v) is 1.18. The third-order valence-corrected chi connectivity index (χ3v) is 3.12. The van der Waals surface area contributed by atoms with Gasteiger partial charge in [-0.25, -0.2) is 4.98 Å². The number of carboxylic acid groups (broad SMARTS) is 3. The molecule has 0 aliphatic heterocycles. The van der Waals surface area contributed by atoms with Crippen LogP contribution >= 0.6 is 25.3 Å². The first-order valence-electron chi connectivity index (χ1n) is 6.71. The summed E-state index contributed by atoms with van der Waals surface area (Å²) in [6, 6.07) is -2.50. The van der Waals surface area contributed by atoms with Gasteiger partial charge in [-0.1, -0.05) is 0 Å². The fraction of sp³-hybridized carbons (Fsp3) is 0.500. The van der Waals surface area contributed by atoms with Crippen LogP contribution in [0.5, 0.6) is 0 Å². The Labute approximate surface area is 154 Å². The van der Waals surface area contributed by atoms with Gasteiger partial charge in [0.15, 0.2) is 0 Å². The molecule has 144 valence electrons. The Balaban J connectivity index is 0. The molecule has 3 unspecified atom stereocenters. The summed E-state index contributed by atoms with van der Waals surface area (Å²) >= 11 is 7.30. The zero-order valence-corrected chi connectivity index (χ0v) is 14.9. The van der Waals surface area contributed by atoms with Gasteiger partial charge in [0.1, 0.15) is 18.1 Å². The van der Waals surface area contributed by atoms with Crippen molar-refractivity contribution < 1.29 is 29.7 Å². The van der Waals surface area contributed by atoms with E-state index in [1.165, 1.54) is 6.33 Å². The van der Waals surface area contributed by atoms with Crippen LogP contribution < -0.4 is 17.2 Å². The van der Waals surface area contributed by atoms with Gasteiger partial charge in [-0.15, -0.1) is 0 Å². The Morgan fingerprint density at radius 1 is 0.960 bits per heavy atom. The highest BCUT2D eigenvalue weighted by atomic mass is 32.1. The lowest BCUT2D eigenvalue weighted by atomic mass is 10.2. The number of aliphatic carboxylic acids is 3. The van der Waals surface area contributed by atoms with E-state index in [2.05, 4.69) is 35.2 Å². The number of hydrogen-bond acceptors (Lipinski definition) is 9. The normalized spacial score (nSPS) is 13.2. The molecule has 13 heteroatoms. The Morgan fingerprint density at radius 2 is 1.36 bits per heavy atom. The SMILES string of the molecule is NC(CS)C(=O)O.NC(CS)C(=O)O.NC(Cc1c[nH]cn1)C(=O)O. The van der Waals surface area contributed by atoms with Crippen LogP contribution in [0.25, 0.3) is 0 Å². The molecule has 3 atom stereocenters. The topological polar surface area (TPSA) is 219 Å². The van der Waals surface area contributed by atoms with Crippen LogP contribution in [0.15, 0.2) is 12.5 Å². The Hall–Kier alpha value is -1.80. The van der Waals surface area contributed by atoms with Crippen molar-refractivity contribution in [1.82, 2.24) is 9.97 Å². The van der Waals surface area contributed by atoms with Crippen molar-refractivity contribution in [2.45, 2.75) is 24.5 Å². The predicted octanol–water partition coefficient (Wildman–Crippen LogP) is -1.98. The molecule has 0 saturated heterocycles. The molecule has 0 amide bonds. The van der Waals surface area contributed by atoms with E-state index in [0.29, 0.717) is 5.69 Å². The molecule has 25 heavy (non-hydrogen) atoms. The van der Waals surface area contributed by atoms with Crippen LogP contribution in [0.2, 0.25) is 0 Å². The monoisotopic (exact) mass is 397 g/mol. The van der Waals surface area contributed by atoms with Crippen LogP contribution in [0, 0.1) is 0 Å². The lowest BCUT2D eigenvalue weighted by molar-refractivity contribution is -0.139. The third-order valence-electron chi connectivity index (χ3n) is 2.33. The van der Waals surface area contributed by atoms with Gasteiger partial charge in [0.25, 0.3) is 0 Å². The summed E-state index contributed by atoms with van der Waals surface area (Å²) in [6.07, 6.45) is 3.38. The quantitative estimate of drug-likeness (QED) is 0.231. The predicted molar refractivity (Wildman–Crippen MR) is 96.8 cm³/mol. The number of rotatable bonds is 7. The number of H-pyrrole nitrogens is 1. The average molecular weight is 397 g/mol. The minimum atomic E-state index is -1.01. The van der Waals surface area contributed by atoms with Crippen LogP contribution in [0.1, 0.15) is 5.69 Å². The fourth-order valence-electron chi connectivity index (χ4n) is 0.871. The Bertz CT molecular complexity index is 496. The second-order valence-electron chi connectivity index (χ2n) is 4.46. The van der Waals surface area contributed by atoms with Gasteiger partial charge >= 0.3 is 17.9 Å². The zero-order chi connectivity index (χ0) is 20.0. The maximum Gasteiger partial charge on any atom is 0.321 e. The van der Waals surface area contributed by atoms with Crippen molar-refractivity contribution in [1.29, 1.82) is 0 Å². The van der Waals surface area contributed by atoms with Crippen LogP contribution in [-0.4, -0.2) is 72.8 Å². The second kappa shape index (κ2) is 14.5. The summed E-state index contributed by atoms with van der Waals surface area (Å²) < 4.78 is 0. The maximum absolute atomic E-state index is 10.3. The first-order valence-corrected chi connectivity index (χ1v) is 7.97. The van der Waals surface area contributed by atoms with Crippen molar-refractivity contribution in [3.05, 3.63) is 18.2 Å². The van der Waals surface area contributed by atoms with E-state index in [0.717, 1.165) is 0 Å². The number of thiol groups is 2. The molecular weight excluding hydrogens is 374 g/mol. The molecular formula is C12H23N5O6S2. The summed E-state index contributed by atoms with van der Waals surface area (Å²) in [5.74, 6) is -2.64. The van der Waals surface area contributed by atoms with Crippen molar-refractivity contribution in [3.63, 3.8) is 0 Å². The van der Waals surface area contributed by atoms with Crippen molar-refractivity contribution in [2.24, 2.45) is 17.2 Å². The Morgan fingerprint density at radius 3 is 1.56 bits per heavy atom. The molecule has 10 N–H and O–H groups in total. The van der Waals surface area contributed by atoms with Gasteiger partial charge in [0, 0.05) is 24.1 Å². The number of aromatic nitrogens is 2. The molecule has 0 aliphatic rings. The number of nitrogens with zero attached hydrogens (tertiary/aromatic N) is 1. The largest absolute Gasteiger partial charge is 0.480 e. The number of nitrogens with one attached hydrogen (secondary N) is 1. The van der Waals surface area contributed by atoms with Gasteiger partial charge < -0.3 is 37.5 Å². The van der Waals surface area contributed by atoms with Gasteiger partial charge in [0.05, 0.1) is 12.0 Å². The number of aromatic amines is 1. The second-order valence-corrected chi connectivity index (χ2v) is 5.19. The molecule has 0 bridgehead atoms. The third kappa shape index (κ3) is 14.3. The number of carbonyl (C=O) groups is 3. The van der Waals surface area contributed by atoms with Crippen LogP contribution in [0.4, 0.5) is 0 Å². The molecule has 1 rings (SSSR count). The highest BCUT2D eigenvalue weighted by Gasteiger charge is 2.12. The highest BCUT2D eigenvalue weighted by molar-refractivity contribution is 7.80. The molecule has 11 nitrogen and oxygen atoms in total. The molecule has 0 saturated carbocycles. The van der Waals surface area contributed by atoms with Crippen molar-refractivity contribution in [2.75, 3.05) is 11.5 Å². The number of nitrogens with two attached hydrogens (primary N) is 3. The van der Waals surface area contributed by atoms with Crippen LogP contribution in [-0.2, 0) is 20.8 Å². The molecule has 1 aromatic heterocycles. The summed E-state index contributed by atoms with van der Waals surface area (Å²) in [5, 5.41) is 24.4. The van der Waals surface area contributed by atoms with Crippen molar-refractivity contribution >= 4 is 43.2 Å². The van der Waals surface area contributed by atoms with Crippen molar-refractivity contribution in [3.8, 4) is 0 Å². The summed E-state index contributed by atoms with van der Waals surface area (Å²) in [6.45, 7) is 0. The van der Waals surface area contributed by atoms with E-state index in [1.54, 1.807) is 6.20 Å². The molecule has 0 spiro atoms. The molecule has 0 radical (unpaired) electrons. The summed E-state index contributed by atoms with van der Waals surface area (Å²) in [7, 11) is 0. The van der Waals surface area contributed by atoms with E-state index in [9.17, 15) is 14.4 Å². The Kier molecular flexibility index (Phi) is 14.8. The van der Waals surface area contributed by atoms with Gasteiger partial charge in [-0.05, 0) is 0 Å². The van der Waals surface area contributed by atoms with Gasteiger partial charge in [-0.3, -0.25) is 14.4 Å². The lowest BCUT2D eigenvalue weighted by Gasteiger charge is -2.01. The minimum Gasteiger partial charge on any atom is -0.480 e. The maximum atomic E-state index is 10.3. The standard InChI is InChI=1S/C6H9N3O2.2C3H7NO2S/c7-5(6(10)11)1-4-2-8-3-9-4;2*4-2(1-7)3(5)6/h2-3,5H,1,7H2,(H,8,9)(H,10,11);2*2,7H,1,4H2,(H,5,6). The number of imidazole rings is 1. The number of hydrogen-bond donors (Lipinski definition) is 9. The first kappa shape index (κ1) is 25.4. The summed E-state index contributed by atoms with van der Waals surface area (Å²) in [5.41, 5.74) is 15.8. The first-order chi connectivity index (χ1) is 11.6.